The highest BCUT2D eigenvalue weighted by atomic mass is 16.6. The van der Waals surface area contributed by atoms with Gasteiger partial charge in [-0.2, -0.15) is 0 Å². The van der Waals surface area contributed by atoms with E-state index in [2.05, 4.69) is 20.8 Å². The van der Waals surface area contributed by atoms with Crippen molar-refractivity contribution >= 4 is 17.9 Å². The molecular formula is C50H96O6. The van der Waals surface area contributed by atoms with Crippen LogP contribution in [0.1, 0.15) is 284 Å². The summed E-state index contributed by atoms with van der Waals surface area (Å²) in [6.45, 7) is 6.59. The summed E-state index contributed by atoms with van der Waals surface area (Å²) in [6.07, 6.45) is 48.5. The van der Waals surface area contributed by atoms with Crippen LogP contribution in [-0.4, -0.2) is 37.2 Å². The molecule has 0 aromatic heterocycles. The summed E-state index contributed by atoms with van der Waals surface area (Å²) < 4.78 is 16.6. The zero-order chi connectivity index (χ0) is 40.8. The monoisotopic (exact) mass is 793 g/mol. The lowest BCUT2D eigenvalue weighted by atomic mass is 10.0. The quantitative estimate of drug-likeness (QED) is 0.0347. The van der Waals surface area contributed by atoms with E-state index >= 15 is 0 Å². The highest BCUT2D eigenvalue weighted by molar-refractivity contribution is 5.71. The smallest absolute Gasteiger partial charge is 0.306 e. The first-order chi connectivity index (χ1) is 27.5. The molecule has 0 rings (SSSR count). The van der Waals surface area contributed by atoms with Gasteiger partial charge in [0.15, 0.2) is 6.10 Å². The molecule has 0 aromatic carbocycles. The van der Waals surface area contributed by atoms with Crippen molar-refractivity contribution in [2.24, 2.45) is 0 Å². The third-order valence-corrected chi connectivity index (χ3v) is 11.4. The number of hydrogen-bond donors (Lipinski definition) is 0. The lowest BCUT2D eigenvalue weighted by Crippen LogP contribution is -2.30. The number of ether oxygens (including phenoxy) is 3. The first kappa shape index (κ1) is 54.4. The molecule has 6 heteroatoms. The maximum Gasteiger partial charge on any atom is 0.306 e. The Hall–Kier alpha value is -1.59. The second kappa shape index (κ2) is 46.1. The van der Waals surface area contributed by atoms with Crippen LogP contribution < -0.4 is 0 Å². The van der Waals surface area contributed by atoms with Crippen molar-refractivity contribution < 1.29 is 28.6 Å². The third-order valence-electron chi connectivity index (χ3n) is 11.4. The van der Waals surface area contributed by atoms with Gasteiger partial charge in [0, 0.05) is 19.3 Å². The highest BCUT2D eigenvalue weighted by Crippen LogP contribution is 2.17. The second-order valence-corrected chi connectivity index (χ2v) is 17.1. The van der Waals surface area contributed by atoms with E-state index in [1.54, 1.807) is 0 Å². The molecule has 0 aromatic rings. The molecule has 0 spiro atoms. The van der Waals surface area contributed by atoms with Crippen LogP contribution >= 0.6 is 0 Å². The molecule has 0 aliphatic heterocycles. The molecule has 332 valence electrons. The predicted molar refractivity (Wildman–Crippen MR) is 238 cm³/mol. The summed E-state index contributed by atoms with van der Waals surface area (Å²) in [6, 6.07) is 0. The molecule has 0 fully saturated rings. The van der Waals surface area contributed by atoms with Gasteiger partial charge in [0.05, 0.1) is 0 Å². The zero-order valence-electron chi connectivity index (χ0n) is 37.9. The molecule has 1 atom stereocenters. The van der Waals surface area contributed by atoms with Crippen LogP contribution in [0.5, 0.6) is 0 Å². The van der Waals surface area contributed by atoms with Gasteiger partial charge in [-0.15, -0.1) is 0 Å². The number of carbonyl (C=O) groups excluding carboxylic acids is 3. The molecule has 0 saturated carbocycles. The summed E-state index contributed by atoms with van der Waals surface area (Å²) in [7, 11) is 0. The van der Waals surface area contributed by atoms with Crippen molar-refractivity contribution in [1.82, 2.24) is 0 Å². The molecule has 0 saturated heterocycles. The average Bonchev–Trinajstić information content (AvgIpc) is 3.19. The first-order valence-electron chi connectivity index (χ1n) is 25.0. The van der Waals surface area contributed by atoms with Crippen LogP contribution in [0.4, 0.5) is 0 Å². The Balaban J connectivity index is 3.99. The zero-order valence-corrected chi connectivity index (χ0v) is 37.9. The fourth-order valence-electron chi connectivity index (χ4n) is 7.56. The minimum Gasteiger partial charge on any atom is -0.462 e. The molecular weight excluding hydrogens is 697 g/mol. The van der Waals surface area contributed by atoms with Crippen LogP contribution in [-0.2, 0) is 28.6 Å². The Bertz CT molecular complexity index is 828. The van der Waals surface area contributed by atoms with Crippen LogP contribution in [0.25, 0.3) is 0 Å². The van der Waals surface area contributed by atoms with Crippen molar-refractivity contribution in [1.29, 1.82) is 0 Å². The fraction of sp³-hybridized carbons (Fsp3) is 0.940. The lowest BCUT2D eigenvalue weighted by molar-refractivity contribution is -0.167. The normalized spacial score (nSPS) is 11.8. The van der Waals surface area contributed by atoms with Gasteiger partial charge in [-0.25, -0.2) is 0 Å². The maximum absolute atomic E-state index is 12.6. The van der Waals surface area contributed by atoms with Gasteiger partial charge in [-0.3, -0.25) is 14.4 Å². The van der Waals surface area contributed by atoms with Gasteiger partial charge in [0.25, 0.3) is 0 Å². The predicted octanol–water partition coefficient (Wildman–Crippen LogP) is 16.0. The van der Waals surface area contributed by atoms with Gasteiger partial charge in [0.2, 0.25) is 0 Å². The first-order valence-corrected chi connectivity index (χ1v) is 25.0. The topological polar surface area (TPSA) is 78.9 Å². The SMILES string of the molecule is CCCCCCCCCCCCCCCCCCCCCCCCCC(=O)OCC(COC(=O)CCCCCCCC)OC(=O)CCCCCCCCCCC. The maximum atomic E-state index is 12.6. The summed E-state index contributed by atoms with van der Waals surface area (Å²) in [5, 5.41) is 0. The Morgan fingerprint density at radius 1 is 0.286 bits per heavy atom. The van der Waals surface area contributed by atoms with Crippen molar-refractivity contribution in [2.75, 3.05) is 13.2 Å². The lowest BCUT2D eigenvalue weighted by Gasteiger charge is -2.18. The molecule has 0 amide bonds. The molecule has 56 heavy (non-hydrogen) atoms. The molecule has 0 N–H and O–H groups in total. The largest absolute Gasteiger partial charge is 0.462 e. The van der Waals surface area contributed by atoms with Crippen molar-refractivity contribution in [3.8, 4) is 0 Å². The van der Waals surface area contributed by atoms with Gasteiger partial charge >= 0.3 is 17.9 Å². The van der Waals surface area contributed by atoms with Gasteiger partial charge in [-0.1, -0.05) is 245 Å². The van der Waals surface area contributed by atoms with Crippen LogP contribution in [0.15, 0.2) is 0 Å². The van der Waals surface area contributed by atoms with Crippen LogP contribution in [0.2, 0.25) is 0 Å². The van der Waals surface area contributed by atoms with E-state index in [-0.39, 0.29) is 31.1 Å². The fourth-order valence-corrected chi connectivity index (χ4v) is 7.56. The van der Waals surface area contributed by atoms with Crippen molar-refractivity contribution in [3.05, 3.63) is 0 Å². The number of esters is 3. The summed E-state index contributed by atoms with van der Waals surface area (Å²) in [4.78, 5) is 37.5. The van der Waals surface area contributed by atoms with Gasteiger partial charge < -0.3 is 14.2 Å². The summed E-state index contributed by atoms with van der Waals surface area (Å²) in [5.41, 5.74) is 0. The van der Waals surface area contributed by atoms with Crippen molar-refractivity contribution in [2.45, 2.75) is 290 Å². The van der Waals surface area contributed by atoms with E-state index in [0.717, 1.165) is 57.8 Å². The minimum atomic E-state index is -0.757. The molecule has 1 unspecified atom stereocenters. The van der Waals surface area contributed by atoms with Gasteiger partial charge in [-0.05, 0) is 19.3 Å². The van der Waals surface area contributed by atoms with Crippen LogP contribution in [0, 0.1) is 0 Å². The molecule has 0 bridgehead atoms. The number of hydrogen-bond acceptors (Lipinski definition) is 6. The molecule has 6 nitrogen and oxygen atoms in total. The van der Waals surface area contributed by atoms with E-state index in [1.807, 2.05) is 0 Å². The van der Waals surface area contributed by atoms with E-state index in [0.29, 0.717) is 19.3 Å². The molecule has 0 aliphatic rings. The minimum absolute atomic E-state index is 0.0635. The Morgan fingerprint density at radius 2 is 0.482 bits per heavy atom. The molecule has 0 heterocycles. The van der Waals surface area contributed by atoms with Crippen molar-refractivity contribution in [3.63, 3.8) is 0 Å². The second-order valence-electron chi connectivity index (χ2n) is 17.1. The summed E-state index contributed by atoms with van der Waals surface area (Å²) in [5.74, 6) is -0.862. The van der Waals surface area contributed by atoms with E-state index in [9.17, 15) is 14.4 Å². The van der Waals surface area contributed by atoms with E-state index in [4.69, 9.17) is 14.2 Å². The van der Waals surface area contributed by atoms with Gasteiger partial charge in [0.1, 0.15) is 13.2 Å². The van der Waals surface area contributed by atoms with Crippen LogP contribution in [0.3, 0.4) is 0 Å². The summed E-state index contributed by atoms with van der Waals surface area (Å²) >= 11 is 0. The standard InChI is InChI=1S/C50H96O6/c1-4-7-10-13-16-18-19-20-21-22-23-24-25-26-27-28-29-30-31-33-34-37-40-43-49(52)55-46-47(45-54-48(51)42-39-36-15-12-9-6-3)56-50(53)44-41-38-35-32-17-14-11-8-5-2/h47H,4-46H2,1-3H3. The highest BCUT2D eigenvalue weighted by Gasteiger charge is 2.19. The Labute approximate surface area is 348 Å². The number of rotatable bonds is 46. The number of carbonyl (C=O) groups is 3. The molecule has 0 radical (unpaired) electrons. The third kappa shape index (κ3) is 43.5. The Morgan fingerprint density at radius 3 is 0.714 bits per heavy atom. The Kier molecular flexibility index (Phi) is 44.8. The molecule has 0 aliphatic carbocycles. The van der Waals surface area contributed by atoms with E-state index in [1.165, 1.54) is 186 Å². The van der Waals surface area contributed by atoms with E-state index < -0.39 is 6.10 Å². The number of unbranched alkanes of at least 4 members (excludes halogenated alkanes) is 35. The average molecular weight is 793 g/mol.